The Morgan fingerprint density at radius 3 is 2.37 bits per heavy atom. The van der Waals surface area contributed by atoms with E-state index in [1.54, 1.807) is 4.90 Å². The molecule has 0 spiro atoms. The highest BCUT2D eigenvalue weighted by atomic mass is 19.4. The predicted octanol–water partition coefficient (Wildman–Crippen LogP) is 5.30. The second kappa shape index (κ2) is 10.0. The SMILES string of the molecule is CC1CN(c2cc(F)c(-c3ccc4c(c3)OC(F)(F)O4)cc2NC(=O)c2c[nH]c(=O)cc2C(F)(F)F)C[C@@H](C)N1C. The summed E-state index contributed by atoms with van der Waals surface area (Å²) in [5.41, 5.74) is -3.22. The van der Waals surface area contributed by atoms with Gasteiger partial charge in [0.25, 0.3) is 5.91 Å². The van der Waals surface area contributed by atoms with Gasteiger partial charge in [-0.2, -0.15) is 13.2 Å². The number of likely N-dealkylation sites (N-methyl/N-ethyl adjacent to an activating group) is 1. The molecule has 0 radical (unpaired) electrons. The molecule has 41 heavy (non-hydrogen) atoms. The van der Waals surface area contributed by atoms with E-state index in [2.05, 4.69) is 24.7 Å². The Morgan fingerprint density at radius 1 is 1.05 bits per heavy atom. The number of aromatic amines is 1. The molecule has 3 heterocycles. The summed E-state index contributed by atoms with van der Waals surface area (Å²) in [6.45, 7) is 4.72. The molecule has 2 aromatic carbocycles. The molecular weight excluding hydrogens is 558 g/mol. The number of nitrogens with one attached hydrogen (secondary N) is 2. The molecule has 8 nitrogen and oxygen atoms in total. The van der Waals surface area contributed by atoms with E-state index in [9.17, 15) is 31.5 Å². The summed E-state index contributed by atoms with van der Waals surface area (Å²) >= 11 is 0. The Balaban J connectivity index is 1.60. The average Bonchev–Trinajstić information content (AvgIpc) is 3.20. The van der Waals surface area contributed by atoms with Crippen LogP contribution in [-0.2, 0) is 6.18 Å². The molecule has 1 saturated heterocycles. The molecular formula is C27H24F6N4O4. The third-order valence-corrected chi connectivity index (χ3v) is 7.22. The van der Waals surface area contributed by atoms with Crippen LogP contribution in [-0.4, -0.2) is 54.3 Å². The number of hydrogen-bond donors (Lipinski definition) is 2. The first-order chi connectivity index (χ1) is 19.1. The van der Waals surface area contributed by atoms with Crippen LogP contribution in [0.25, 0.3) is 11.1 Å². The van der Waals surface area contributed by atoms with Crippen LogP contribution in [0.5, 0.6) is 11.5 Å². The van der Waals surface area contributed by atoms with Crippen molar-refractivity contribution in [1.29, 1.82) is 0 Å². The fourth-order valence-corrected chi connectivity index (χ4v) is 4.95. The van der Waals surface area contributed by atoms with Gasteiger partial charge in [-0.3, -0.25) is 14.5 Å². The molecule has 1 unspecified atom stereocenters. The minimum Gasteiger partial charge on any atom is -0.395 e. The third kappa shape index (κ3) is 5.56. The maximum Gasteiger partial charge on any atom is 0.586 e. The van der Waals surface area contributed by atoms with Crippen molar-refractivity contribution in [3.8, 4) is 22.6 Å². The lowest BCUT2D eigenvalue weighted by Gasteiger charge is -2.44. The van der Waals surface area contributed by atoms with Crippen LogP contribution >= 0.6 is 0 Å². The third-order valence-electron chi connectivity index (χ3n) is 7.22. The lowest BCUT2D eigenvalue weighted by molar-refractivity contribution is -0.286. The Bertz CT molecular complexity index is 1560. The second-order valence-corrected chi connectivity index (χ2v) is 10.0. The van der Waals surface area contributed by atoms with Gasteiger partial charge in [0.1, 0.15) is 5.82 Å². The van der Waals surface area contributed by atoms with Gasteiger partial charge in [-0.15, -0.1) is 8.78 Å². The number of ether oxygens (including phenoxy) is 2. The number of nitrogens with zero attached hydrogens (tertiary/aromatic N) is 2. The molecule has 5 rings (SSSR count). The Labute approximate surface area is 229 Å². The molecule has 0 bridgehead atoms. The van der Waals surface area contributed by atoms with Crippen LogP contribution in [0.2, 0.25) is 0 Å². The van der Waals surface area contributed by atoms with E-state index in [4.69, 9.17) is 0 Å². The Morgan fingerprint density at radius 2 is 1.71 bits per heavy atom. The molecule has 0 saturated carbocycles. The Hall–Kier alpha value is -4.20. The van der Waals surface area contributed by atoms with Gasteiger partial charge in [0.15, 0.2) is 11.5 Å². The molecule has 0 aliphatic carbocycles. The van der Waals surface area contributed by atoms with Gasteiger partial charge < -0.3 is 24.7 Å². The number of pyridine rings is 1. The zero-order valence-corrected chi connectivity index (χ0v) is 21.9. The number of carbonyl (C=O) groups excluding carboxylic acids is 1. The minimum atomic E-state index is -5.01. The topological polar surface area (TPSA) is 86.9 Å². The molecule has 3 aromatic rings. The number of piperazine rings is 1. The number of rotatable bonds is 4. The summed E-state index contributed by atoms with van der Waals surface area (Å²) in [6.07, 6.45) is -8.25. The summed E-state index contributed by atoms with van der Waals surface area (Å²) in [6, 6.07) is 6.24. The van der Waals surface area contributed by atoms with Gasteiger partial charge in [-0.1, -0.05) is 6.07 Å². The monoisotopic (exact) mass is 582 g/mol. The van der Waals surface area contributed by atoms with E-state index in [1.165, 1.54) is 12.1 Å². The zero-order valence-electron chi connectivity index (χ0n) is 21.9. The van der Waals surface area contributed by atoms with Crippen molar-refractivity contribution in [3.63, 3.8) is 0 Å². The first-order valence-electron chi connectivity index (χ1n) is 12.4. The fourth-order valence-electron chi connectivity index (χ4n) is 4.95. The highest BCUT2D eigenvalue weighted by Crippen LogP contribution is 2.44. The number of benzene rings is 2. The van der Waals surface area contributed by atoms with Gasteiger partial charge >= 0.3 is 12.5 Å². The van der Waals surface area contributed by atoms with Crippen molar-refractivity contribution in [3.05, 3.63) is 69.9 Å². The van der Waals surface area contributed by atoms with E-state index in [1.807, 2.05) is 20.9 Å². The van der Waals surface area contributed by atoms with Gasteiger partial charge in [-0.05, 0) is 50.7 Å². The molecule has 218 valence electrons. The predicted molar refractivity (Wildman–Crippen MR) is 137 cm³/mol. The van der Waals surface area contributed by atoms with Gasteiger partial charge in [0.2, 0.25) is 5.56 Å². The number of alkyl halides is 5. The normalized spacial score (nSPS) is 20.3. The van der Waals surface area contributed by atoms with Crippen LogP contribution < -0.4 is 25.2 Å². The number of carbonyl (C=O) groups is 1. The quantitative estimate of drug-likeness (QED) is 0.406. The minimum absolute atomic E-state index is 0.0107. The molecule has 2 aliphatic rings. The van der Waals surface area contributed by atoms with Gasteiger partial charge in [-0.25, -0.2) is 4.39 Å². The zero-order chi connectivity index (χ0) is 29.9. The summed E-state index contributed by atoms with van der Waals surface area (Å²) in [7, 11) is 1.93. The van der Waals surface area contributed by atoms with Crippen molar-refractivity contribution < 1.29 is 40.6 Å². The van der Waals surface area contributed by atoms with Crippen molar-refractivity contribution in [2.45, 2.75) is 38.4 Å². The molecule has 2 atom stereocenters. The van der Waals surface area contributed by atoms with E-state index in [0.717, 1.165) is 18.2 Å². The van der Waals surface area contributed by atoms with Crippen molar-refractivity contribution >= 4 is 17.3 Å². The number of hydrogen-bond acceptors (Lipinski definition) is 6. The van der Waals surface area contributed by atoms with Gasteiger partial charge in [0, 0.05) is 43.0 Å². The summed E-state index contributed by atoms with van der Waals surface area (Å²) in [5.74, 6) is -2.58. The lowest BCUT2D eigenvalue weighted by atomic mass is 10.0. The molecule has 2 N–H and O–H groups in total. The summed E-state index contributed by atoms with van der Waals surface area (Å²) in [5, 5.41) is 2.44. The van der Waals surface area contributed by atoms with Crippen LogP contribution in [0.1, 0.15) is 29.8 Å². The van der Waals surface area contributed by atoms with Crippen LogP contribution in [0.4, 0.5) is 37.7 Å². The smallest absolute Gasteiger partial charge is 0.395 e. The number of anilines is 2. The molecule has 1 fully saturated rings. The van der Waals surface area contributed by atoms with E-state index in [-0.39, 0.29) is 52.2 Å². The second-order valence-electron chi connectivity index (χ2n) is 10.0. The van der Waals surface area contributed by atoms with E-state index in [0.29, 0.717) is 19.3 Å². The van der Waals surface area contributed by atoms with Crippen LogP contribution in [0, 0.1) is 5.82 Å². The van der Waals surface area contributed by atoms with Crippen molar-refractivity contribution in [2.75, 3.05) is 30.4 Å². The number of aromatic nitrogens is 1. The maximum absolute atomic E-state index is 15.6. The summed E-state index contributed by atoms with van der Waals surface area (Å²) < 4.78 is 92.5. The first-order valence-corrected chi connectivity index (χ1v) is 12.4. The maximum atomic E-state index is 15.6. The van der Waals surface area contributed by atoms with Crippen molar-refractivity contribution in [2.24, 2.45) is 0 Å². The molecule has 2 aliphatic heterocycles. The molecule has 14 heteroatoms. The van der Waals surface area contributed by atoms with Gasteiger partial charge in [0.05, 0.1) is 22.5 Å². The molecule has 1 aromatic heterocycles. The highest BCUT2D eigenvalue weighted by Gasteiger charge is 2.43. The molecule has 1 amide bonds. The van der Waals surface area contributed by atoms with E-state index >= 15 is 4.39 Å². The standard InChI is InChI=1S/C27H24F6N4O4/c1-13-11-37(12-14(2)36(13)3)21-9-19(28)16(15-4-5-22-23(6-15)41-27(32,33)40-22)7-20(21)35-25(39)17-10-34-24(38)8-18(17)26(29,30)31/h4-10,13-14H,11-12H2,1-3H3,(H,34,38)(H,35,39)/t13-,14?/m1/s1. The van der Waals surface area contributed by atoms with Crippen molar-refractivity contribution in [1.82, 2.24) is 9.88 Å². The number of halogens is 6. The Kier molecular flexibility index (Phi) is 6.92. The lowest BCUT2D eigenvalue weighted by Crippen LogP contribution is -2.55. The van der Waals surface area contributed by atoms with Crippen LogP contribution in [0.15, 0.2) is 47.4 Å². The fraction of sp³-hybridized carbons (Fsp3) is 0.333. The number of amides is 1. The highest BCUT2D eigenvalue weighted by molar-refractivity contribution is 6.07. The number of fused-ring (bicyclic) bond motifs is 1. The van der Waals surface area contributed by atoms with E-state index < -0.39 is 40.9 Å². The summed E-state index contributed by atoms with van der Waals surface area (Å²) in [4.78, 5) is 30.7. The largest absolute Gasteiger partial charge is 0.586 e. The average molecular weight is 583 g/mol. The number of H-pyrrole nitrogens is 1. The first kappa shape index (κ1) is 28.3. The van der Waals surface area contributed by atoms with Crippen LogP contribution in [0.3, 0.4) is 0 Å².